The van der Waals surface area contributed by atoms with Gasteiger partial charge < -0.3 is 5.32 Å². The van der Waals surface area contributed by atoms with Crippen molar-refractivity contribution in [3.05, 3.63) is 83.2 Å². The lowest BCUT2D eigenvalue weighted by Gasteiger charge is -2.26. The smallest absolute Gasteiger partial charge is 0.261 e. The third-order valence-corrected chi connectivity index (χ3v) is 4.56. The molecular formula is C21H15FN2O3. The first-order valence-corrected chi connectivity index (χ1v) is 8.43. The van der Waals surface area contributed by atoms with Crippen LogP contribution in [0.5, 0.6) is 0 Å². The van der Waals surface area contributed by atoms with Crippen molar-refractivity contribution in [1.29, 1.82) is 0 Å². The number of hydrogen-bond acceptors (Lipinski definition) is 3. The van der Waals surface area contributed by atoms with Crippen molar-refractivity contribution < 1.29 is 18.8 Å². The monoisotopic (exact) mass is 362 g/mol. The lowest BCUT2D eigenvalue weighted by Crippen LogP contribution is -2.46. The summed E-state index contributed by atoms with van der Waals surface area (Å²) in [6, 6.07) is 16.2. The first kappa shape index (κ1) is 16.9. The normalized spacial score (nSPS) is 13.1. The molecule has 5 nitrogen and oxygen atoms in total. The van der Waals surface area contributed by atoms with Crippen LogP contribution in [0.2, 0.25) is 0 Å². The maximum atomic E-state index is 12.9. The maximum Gasteiger partial charge on any atom is 0.261 e. The molecule has 1 N–H and O–H groups in total. The summed E-state index contributed by atoms with van der Waals surface area (Å²) in [4.78, 5) is 38.7. The highest BCUT2D eigenvalue weighted by Gasteiger charge is 2.33. The van der Waals surface area contributed by atoms with Gasteiger partial charge in [0.15, 0.2) is 0 Å². The van der Waals surface area contributed by atoms with Crippen LogP contribution in [0.15, 0.2) is 60.7 Å². The predicted octanol–water partition coefficient (Wildman–Crippen LogP) is 2.89. The van der Waals surface area contributed by atoms with E-state index in [4.69, 9.17) is 0 Å². The zero-order valence-corrected chi connectivity index (χ0v) is 14.2. The van der Waals surface area contributed by atoms with E-state index in [9.17, 15) is 18.8 Å². The molecule has 1 aliphatic heterocycles. The number of nitrogens with zero attached hydrogens (tertiary/aromatic N) is 1. The zero-order valence-electron chi connectivity index (χ0n) is 14.2. The SMILES string of the molecule is O=C(CN1C(=O)c2cccc3cccc(c23)C1=O)NCc1ccc(F)cc1. The van der Waals surface area contributed by atoms with Crippen molar-refractivity contribution in [3.8, 4) is 0 Å². The summed E-state index contributed by atoms with van der Waals surface area (Å²) in [6.45, 7) is -0.189. The molecule has 0 saturated carbocycles. The number of carbonyl (C=O) groups excluding carboxylic acids is 3. The second kappa shape index (κ2) is 6.64. The Kier molecular flexibility index (Phi) is 4.16. The van der Waals surface area contributed by atoms with E-state index < -0.39 is 17.7 Å². The zero-order chi connectivity index (χ0) is 19.0. The number of amides is 3. The average molecular weight is 362 g/mol. The Morgan fingerprint density at radius 3 is 2.07 bits per heavy atom. The molecule has 6 heteroatoms. The van der Waals surface area contributed by atoms with E-state index >= 15 is 0 Å². The first-order chi connectivity index (χ1) is 13.0. The molecule has 4 rings (SSSR count). The van der Waals surface area contributed by atoms with Gasteiger partial charge in [-0.25, -0.2) is 4.39 Å². The van der Waals surface area contributed by atoms with Crippen LogP contribution in [0.3, 0.4) is 0 Å². The summed E-state index contributed by atoms with van der Waals surface area (Å²) in [5.74, 6) is -1.79. The molecule has 3 aromatic rings. The van der Waals surface area contributed by atoms with Gasteiger partial charge in [0.2, 0.25) is 5.91 Å². The van der Waals surface area contributed by atoms with Crippen LogP contribution in [-0.4, -0.2) is 29.2 Å². The molecule has 1 aliphatic rings. The Balaban J connectivity index is 1.53. The maximum absolute atomic E-state index is 12.9. The standard InChI is InChI=1S/C21H15FN2O3/c22-15-9-7-13(8-10-15)11-23-18(25)12-24-20(26)16-5-1-3-14-4-2-6-17(19(14)16)21(24)27/h1-10H,11-12H2,(H,23,25). The molecule has 0 aliphatic carbocycles. The molecule has 0 unspecified atom stereocenters. The van der Waals surface area contributed by atoms with Gasteiger partial charge in [-0.2, -0.15) is 0 Å². The van der Waals surface area contributed by atoms with Crippen LogP contribution in [0.1, 0.15) is 26.3 Å². The molecule has 0 fully saturated rings. The van der Waals surface area contributed by atoms with Crippen molar-refractivity contribution in [3.63, 3.8) is 0 Å². The predicted molar refractivity (Wildman–Crippen MR) is 97.6 cm³/mol. The van der Waals surface area contributed by atoms with E-state index in [0.29, 0.717) is 16.5 Å². The molecule has 0 saturated heterocycles. The molecule has 3 amide bonds. The van der Waals surface area contributed by atoms with Gasteiger partial charge in [-0.15, -0.1) is 0 Å². The summed E-state index contributed by atoms with van der Waals surface area (Å²) in [6.07, 6.45) is 0. The number of benzene rings is 3. The van der Waals surface area contributed by atoms with Crippen molar-refractivity contribution in [1.82, 2.24) is 10.2 Å². The molecule has 0 aromatic heterocycles. The van der Waals surface area contributed by atoms with Gasteiger partial charge in [-0.1, -0.05) is 36.4 Å². The van der Waals surface area contributed by atoms with Gasteiger partial charge >= 0.3 is 0 Å². The summed E-state index contributed by atoms with van der Waals surface area (Å²) < 4.78 is 12.9. The van der Waals surface area contributed by atoms with Gasteiger partial charge in [0.1, 0.15) is 12.4 Å². The number of imide groups is 1. The molecule has 0 atom stereocenters. The third kappa shape index (κ3) is 3.06. The number of nitrogens with one attached hydrogen (secondary N) is 1. The second-order valence-electron chi connectivity index (χ2n) is 6.31. The van der Waals surface area contributed by atoms with E-state index in [1.807, 2.05) is 12.1 Å². The molecule has 27 heavy (non-hydrogen) atoms. The Hall–Kier alpha value is -3.54. The highest BCUT2D eigenvalue weighted by Crippen LogP contribution is 2.29. The largest absolute Gasteiger partial charge is 0.350 e. The van der Waals surface area contributed by atoms with Crippen LogP contribution in [0.4, 0.5) is 4.39 Å². The second-order valence-corrected chi connectivity index (χ2v) is 6.31. The number of halogens is 1. The van der Waals surface area contributed by atoms with Crippen LogP contribution in [0.25, 0.3) is 10.8 Å². The highest BCUT2D eigenvalue weighted by molar-refractivity contribution is 6.26. The Morgan fingerprint density at radius 2 is 1.48 bits per heavy atom. The molecule has 0 spiro atoms. The van der Waals surface area contributed by atoms with E-state index in [1.165, 1.54) is 12.1 Å². The van der Waals surface area contributed by atoms with Crippen molar-refractivity contribution >= 4 is 28.5 Å². The molecule has 134 valence electrons. The quantitative estimate of drug-likeness (QED) is 0.726. The lowest BCUT2D eigenvalue weighted by atomic mass is 9.94. The molecular weight excluding hydrogens is 347 g/mol. The number of rotatable bonds is 4. The minimum absolute atomic E-state index is 0.182. The summed E-state index contributed by atoms with van der Waals surface area (Å²) in [5, 5.41) is 4.08. The summed E-state index contributed by atoms with van der Waals surface area (Å²) in [7, 11) is 0. The van der Waals surface area contributed by atoms with Crippen LogP contribution in [0, 0.1) is 5.82 Å². The molecule has 1 heterocycles. The highest BCUT2D eigenvalue weighted by atomic mass is 19.1. The lowest BCUT2D eigenvalue weighted by molar-refractivity contribution is -0.121. The van der Waals surface area contributed by atoms with Gasteiger partial charge in [0.25, 0.3) is 11.8 Å². The molecule has 0 bridgehead atoms. The Bertz CT molecular complexity index is 1030. The molecule has 0 radical (unpaired) electrons. The van der Waals surface area contributed by atoms with Gasteiger partial charge in [-0.3, -0.25) is 19.3 Å². The van der Waals surface area contributed by atoms with E-state index in [-0.39, 0.29) is 18.9 Å². The minimum atomic E-state index is -0.485. The third-order valence-electron chi connectivity index (χ3n) is 4.56. The summed E-state index contributed by atoms with van der Waals surface area (Å²) in [5.41, 5.74) is 1.54. The van der Waals surface area contributed by atoms with Crippen molar-refractivity contribution in [2.24, 2.45) is 0 Å². The van der Waals surface area contributed by atoms with Crippen LogP contribution < -0.4 is 5.32 Å². The van der Waals surface area contributed by atoms with E-state index in [1.54, 1.807) is 36.4 Å². The fourth-order valence-corrected chi connectivity index (χ4v) is 3.23. The van der Waals surface area contributed by atoms with Crippen LogP contribution >= 0.6 is 0 Å². The minimum Gasteiger partial charge on any atom is -0.350 e. The van der Waals surface area contributed by atoms with Gasteiger partial charge in [0, 0.05) is 23.1 Å². The number of carbonyl (C=O) groups is 3. The fraction of sp³-hybridized carbons (Fsp3) is 0.0952. The Morgan fingerprint density at radius 1 is 0.889 bits per heavy atom. The van der Waals surface area contributed by atoms with Gasteiger partial charge in [-0.05, 0) is 35.2 Å². The first-order valence-electron chi connectivity index (χ1n) is 8.43. The van der Waals surface area contributed by atoms with E-state index in [2.05, 4.69) is 5.32 Å². The average Bonchev–Trinajstić information content (AvgIpc) is 2.69. The number of hydrogen-bond donors (Lipinski definition) is 1. The van der Waals surface area contributed by atoms with Gasteiger partial charge in [0.05, 0.1) is 0 Å². The molecule has 3 aromatic carbocycles. The van der Waals surface area contributed by atoms with Crippen LogP contribution in [-0.2, 0) is 11.3 Å². The van der Waals surface area contributed by atoms with Crippen molar-refractivity contribution in [2.45, 2.75) is 6.54 Å². The fourth-order valence-electron chi connectivity index (χ4n) is 3.23. The van der Waals surface area contributed by atoms with Crippen molar-refractivity contribution in [2.75, 3.05) is 6.54 Å². The van der Waals surface area contributed by atoms with E-state index in [0.717, 1.165) is 15.8 Å². The summed E-state index contributed by atoms with van der Waals surface area (Å²) >= 11 is 0. The topological polar surface area (TPSA) is 66.5 Å². The Labute approximate surface area is 154 Å².